The number of likely N-dealkylation sites (N-methyl/N-ethyl adjacent to an activating group) is 1. The molecule has 0 bridgehead atoms. The number of anilines is 1. The number of nitrogens with zero attached hydrogens (tertiary/aromatic N) is 2. The van der Waals surface area contributed by atoms with Crippen LogP contribution < -0.4 is 10.1 Å². The van der Waals surface area contributed by atoms with E-state index in [0.717, 1.165) is 19.3 Å². The predicted octanol–water partition coefficient (Wildman–Crippen LogP) is 3.86. The van der Waals surface area contributed by atoms with Gasteiger partial charge in [0.25, 0.3) is 0 Å². The van der Waals surface area contributed by atoms with Gasteiger partial charge in [0.05, 0.1) is 18.6 Å². The summed E-state index contributed by atoms with van der Waals surface area (Å²) >= 11 is 0. The Morgan fingerprint density at radius 3 is 2.82 bits per heavy atom. The Balaban J connectivity index is 1.72. The van der Waals surface area contributed by atoms with Gasteiger partial charge in [0, 0.05) is 23.9 Å². The summed E-state index contributed by atoms with van der Waals surface area (Å²) in [7, 11) is 3.33. The van der Waals surface area contributed by atoms with Gasteiger partial charge in [0.1, 0.15) is 0 Å². The fourth-order valence-electron chi connectivity index (χ4n) is 3.83. The molecule has 0 heterocycles. The summed E-state index contributed by atoms with van der Waals surface area (Å²) in [5.74, 6) is -0.0370. The van der Waals surface area contributed by atoms with Gasteiger partial charge in [-0.1, -0.05) is 24.3 Å². The van der Waals surface area contributed by atoms with Crippen molar-refractivity contribution in [3.05, 3.63) is 63.2 Å². The van der Waals surface area contributed by atoms with Gasteiger partial charge in [-0.15, -0.1) is 0 Å². The molecular weight excluding hydrogens is 358 g/mol. The zero-order chi connectivity index (χ0) is 20.3. The molecule has 28 heavy (non-hydrogen) atoms. The van der Waals surface area contributed by atoms with Crippen LogP contribution in [0.15, 0.2) is 36.4 Å². The first-order valence-electron chi connectivity index (χ1n) is 9.31. The number of hydrogen-bond donors (Lipinski definition) is 1. The van der Waals surface area contributed by atoms with Crippen LogP contribution in [0, 0.1) is 17.0 Å². The van der Waals surface area contributed by atoms with Gasteiger partial charge >= 0.3 is 5.69 Å². The van der Waals surface area contributed by atoms with E-state index in [1.807, 2.05) is 13.1 Å². The maximum absolute atomic E-state index is 12.6. The smallest absolute Gasteiger partial charge is 0.311 e. The van der Waals surface area contributed by atoms with Crippen LogP contribution in [0.4, 0.5) is 11.4 Å². The van der Waals surface area contributed by atoms with Gasteiger partial charge in [0.2, 0.25) is 5.91 Å². The first-order chi connectivity index (χ1) is 13.4. The quantitative estimate of drug-likeness (QED) is 0.605. The molecule has 0 spiro atoms. The molecule has 2 aromatic rings. The molecule has 1 amide bonds. The number of benzene rings is 2. The Morgan fingerprint density at radius 2 is 2.11 bits per heavy atom. The predicted molar refractivity (Wildman–Crippen MR) is 108 cm³/mol. The molecule has 7 nitrogen and oxygen atoms in total. The van der Waals surface area contributed by atoms with E-state index in [1.165, 1.54) is 30.4 Å². The highest BCUT2D eigenvalue weighted by Gasteiger charge is 2.25. The normalized spacial score (nSPS) is 15.8. The number of amides is 1. The van der Waals surface area contributed by atoms with E-state index < -0.39 is 4.92 Å². The number of methoxy groups -OCH3 is 1. The van der Waals surface area contributed by atoms with E-state index in [4.69, 9.17) is 4.74 Å². The molecule has 148 valence electrons. The van der Waals surface area contributed by atoms with Crippen LogP contribution in [0.2, 0.25) is 0 Å². The number of nitro benzene ring substituents is 1. The molecule has 3 rings (SSSR count). The van der Waals surface area contributed by atoms with Crippen molar-refractivity contribution in [2.45, 2.75) is 32.2 Å². The van der Waals surface area contributed by atoms with E-state index in [1.54, 1.807) is 6.92 Å². The highest BCUT2D eigenvalue weighted by Crippen LogP contribution is 2.34. The molecule has 7 heteroatoms. The zero-order valence-corrected chi connectivity index (χ0v) is 16.4. The lowest BCUT2D eigenvalue weighted by Gasteiger charge is -2.32. The summed E-state index contributed by atoms with van der Waals surface area (Å²) < 4.78 is 5.10. The van der Waals surface area contributed by atoms with Crippen molar-refractivity contribution in [1.82, 2.24) is 4.90 Å². The molecule has 1 aliphatic carbocycles. The first-order valence-corrected chi connectivity index (χ1v) is 9.31. The third-order valence-electron chi connectivity index (χ3n) is 5.26. The first kappa shape index (κ1) is 19.8. The van der Waals surface area contributed by atoms with E-state index >= 15 is 0 Å². The van der Waals surface area contributed by atoms with Crippen LogP contribution in [0.3, 0.4) is 0 Å². The third-order valence-corrected chi connectivity index (χ3v) is 5.26. The Hall–Kier alpha value is -2.93. The number of carbonyl (C=O) groups excluding carboxylic acids is 1. The van der Waals surface area contributed by atoms with Gasteiger partial charge in [0.15, 0.2) is 5.75 Å². The van der Waals surface area contributed by atoms with Crippen LogP contribution in [0.25, 0.3) is 0 Å². The number of hydrogen-bond acceptors (Lipinski definition) is 5. The fraction of sp³-hybridized carbons (Fsp3) is 0.381. The van der Waals surface area contributed by atoms with Crippen molar-refractivity contribution in [2.24, 2.45) is 0 Å². The fourth-order valence-corrected chi connectivity index (χ4v) is 3.83. The van der Waals surface area contributed by atoms with Crippen LogP contribution in [0.5, 0.6) is 5.75 Å². The number of nitro groups is 1. The molecule has 2 aromatic carbocycles. The zero-order valence-electron chi connectivity index (χ0n) is 16.4. The Labute approximate surface area is 164 Å². The summed E-state index contributed by atoms with van der Waals surface area (Å²) in [6.07, 6.45) is 3.20. The summed E-state index contributed by atoms with van der Waals surface area (Å²) in [6, 6.07) is 11.5. The number of fused-ring (bicyclic) bond motifs is 1. The van der Waals surface area contributed by atoms with Gasteiger partial charge in [-0.25, -0.2) is 0 Å². The standard InChI is InChI=1S/C21H25N3O4/c1-14-11-19(24(26)27)20(28-3)12-17(14)22-21(25)13-23(2)18-10-6-8-15-7-4-5-9-16(15)18/h4-5,7,9,11-12,18H,6,8,10,13H2,1-3H3,(H,22,25)/t18-/m1/s1. The summed E-state index contributed by atoms with van der Waals surface area (Å²) in [5, 5.41) is 14.0. The van der Waals surface area contributed by atoms with Crippen molar-refractivity contribution in [2.75, 3.05) is 26.0 Å². The molecule has 1 N–H and O–H groups in total. The van der Waals surface area contributed by atoms with Crippen molar-refractivity contribution >= 4 is 17.3 Å². The lowest BCUT2D eigenvalue weighted by Crippen LogP contribution is -2.35. The maximum Gasteiger partial charge on any atom is 0.311 e. The van der Waals surface area contributed by atoms with Crippen LogP contribution in [0.1, 0.15) is 35.6 Å². The summed E-state index contributed by atoms with van der Waals surface area (Å²) in [5.41, 5.74) is 3.66. The molecule has 0 aliphatic heterocycles. The average molecular weight is 383 g/mol. The van der Waals surface area contributed by atoms with Gasteiger partial charge in [-0.05, 0) is 49.9 Å². The monoisotopic (exact) mass is 383 g/mol. The topological polar surface area (TPSA) is 84.7 Å². The maximum atomic E-state index is 12.6. The molecule has 0 aromatic heterocycles. The Kier molecular flexibility index (Phi) is 5.94. The molecule has 1 atom stereocenters. The molecule has 0 fully saturated rings. The number of nitrogens with one attached hydrogen (secondary N) is 1. The van der Waals surface area contributed by atoms with Crippen LogP contribution in [-0.2, 0) is 11.2 Å². The van der Waals surface area contributed by atoms with Gasteiger partial charge < -0.3 is 10.1 Å². The second kappa shape index (κ2) is 8.39. The summed E-state index contributed by atoms with van der Waals surface area (Å²) in [4.78, 5) is 25.3. The minimum Gasteiger partial charge on any atom is -0.490 e. The lowest BCUT2D eigenvalue weighted by atomic mass is 9.87. The van der Waals surface area contributed by atoms with E-state index in [0.29, 0.717) is 11.3 Å². The van der Waals surface area contributed by atoms with Gasteiger partial charge in [-0.2, -0.15) is 0 Å². The number of carbonyl (C=O) groups is 1. The molecule has 0 radical (unpaired) electrons. The molecule has 1 aliphatic rings. The van der Waals surface area contributed by atoms with Crippen molar-refractivity contribution < 1.29 is 14.5 Å². The largest absolute Gasteiger partial charge is 0.490 e. The van der Waals surface area contributed by atoms with Gasteiger partial charge in [-0.3, -0.25) is 19.8 Å². The summed E-state index contributed by atoms with van der Waals surface area (Å²) in [6.45, 7) is 1.96. The van der Waals surface area contributed by atoms with E-state index in [9.17, 15) is 14.9 Å². The highest BCUT2D eigenvalue weighted by molar-refractivity contribution is 5.93. The number of rotatable bonds is 6. The Morgan fingerprint density at radius 1 is 1.36 bits per heavy atom. The van der Waals surface area contributed by atoms with Crippen molar-refractivity contribution in [1.29, 1.82) is 0 Å². The van der Waals surface area contributed by atoms with Crippen molar-refractivity contribution in [3.8, 4) is 5.75 Å². The SMILES string of the molecule is COc1cc(NC(=O)CN(C)[C@@H]2CCCc3ccccc32)c(C)cc1[N+](=O)[O-]. The molecule has 0 unspecified atom stereocenters. The average Bonchev–Trinajstić information content (AvgIpc) is 2.68. The molecule has 0 saturated heterocycles. The van der Waals surface area contributed by atoms with E-state index in [-0.39, 0.29) is 29.9 Å². The minimum atomic E-state index is -0.494. The Bertz CT molecular complexity index is 897. The molecule has 0 saturated carbocycles. The highest BCUT2D eigenvalue weighted by atomic mass is 16.6. The second-order valence-corrected chi connectivity index (χ2v) is 7.17. The van der Waals surface area contributed by atoms with Crippen molar-refractivity contribution in [3.63, 3.8) is 0 Å². The third kappa shape index (κ3) is 4.14. The van der Waals surface area contributed by atoms with Crippen LogP contribution in [-0.4, -0.2) is 36.4 Å². The van der Waals surface area contributed by atoms with Crippen LogP contribution >= 0.6 is 0 Å². The number of aryl methyl sites for hydroxylation is 2. The number of ether oxygens (including phenoxy) is 1. The minimum absolute atomic E-state index is 0.117. The lowest BCUT2D eigenvalue weighted by molar-refractivity contribution is -0.385. The van der Waals surface area contributed by atoms with E-state index in [2.05, 4.69) is 28.4 Å². The second-order valence-electron chi connectivity index (χ2n) is 7.17. The molecular formula is C21H25N3O4.